The van der Waals surface area contributed by atoms with Crippen LogP contribution in [-0.4, -0.2) is 41.6 Å². The van der Waals surface area contributed by atoms with Crippen molar-refractivity contribution in [2.24, 2.45) is 5.92 Å². The molecule has 1 saturated heterocycles. The molecular weight excluding hydrogens is 340 g/mol. The molecule has 4 rings (SSSR count). The molecule has 2 fully saturated rings. The van der Waals surface area contributed by atoms with Crippen LogP contribution >= 0.6 is 0 Å². The molecule has 0 bridgehead atoms. The van der Waals surface area contributed by atoms with Gasteiger partial charge in [0.25, 0.3) is 0 Å². The SMILES string of the molecule is COC1(C)CCN(C2=C(C#N)C(=O)Cc3ccc(C(O)C4CC4)cc32)CC1. The van der Waals surface area contributed by atoms with Crippen LogP contribution in [0.3, 0.4) is 0 Å². The number of carbonyl (C=O) groups is 1. The molecule has 142 valence electrons. The van der Waals surface area contributed by atoms with E-state index in [0.717, 1.165) is 61.2 Å². The Morgan fingerprint density at radius 1 is 1.33 bits per heavy atom. The van der Waals surface area contributed by atoms with Crippen LogP contribution in [0.1, 0.15) is 55.4 Å². The minimum absolute atomic E-state index is 0.115. The van der Waals surface area contributed by atoms with Crippen molar-refractivity contribution in [2.45, 2.75) is 50.7 Å². The molecule has 1 saturated carbocycles. The van der Waals surface area contributed by atoms with Crippen molar-refractivity contribution in [3.63, 3.8) is 0 Å². The summed E-state index contributed by atoms with van der Waals surface area (Å²) in [6.07, 6.45) is 3.61. The lowest BCUT2D eigenvalue weighted by atomic mass is 9.84. The van der Waals surface area contributed by atoms with E-state index in [9.17, 15) is 15.2 Å². The second-order valence-corrected chi connectivity index (χ2v) is 8.28. The summed E-state index contributed by atoms with van der Waals surface area (Å²) in [6, 6.07) is 8.04. The molecule has 5 heteroatoms. The number of benzene rings is 1. The number of hydrogen-bond donors (Lipinski definition) is 1. The number of methoxy groups -OCH3 is 1. The summed E-state index contributed by atoms with van der Waals surface area (Å²) in [5.74, 6) is 0.226. The number of ketones is 1. The normalized spacial score (nSPS) is 23.0. The summed E-state index contributed by atoms with van der Waals surface area (Å²) in [6.45, 7) is 3.59. The van der Waals surface area contributed by atoms with Gasteiger partial charge in [0.15, 0.2) is 5.78 Å². The summed E-state index contributed by atoms with van der Waals surface area (Å²) < 4.78 is 5.63. The van der Waals surface area contributed by atoms with Gasteiger partial charge in [0.05, 0.1) is 17.4 Å². The third-order valence-corrected chi connectivity index (χ3v) is 6.41. The summed E-state index contributed by atoms with van der Waals surface area (Å²) in [7, 11) is 1.74. The number of likely N-dealkylation sites (tertiary alicyclic amines) is 1. The molecule has 1 atom stereocenters. The second-order valence-electron chi connectivity index (χ2n) is 8.28. The van der Waals surface area contributed by atoms with Crippen molar-refractivity contribution >= 4 is 11.5 Å². The van der Waals surface area contributed by atoms with E-state index < -0.39 is 6.10 Å². The lowest BCUT2D eigenvalue weighted by molar-refractivity contribution is -0.114. The van der Waals surface area contributed by atoms with E-state index in [4.69, 9.17) is 4.74 Å². The first-order valence-corrected chi connectivity index (χ1v) is 9.75. The number of aliphatic hydroxyl groups excluding tert-OH is 1. The highest BCUT2D eigenvalue weighted by atomic mass is 16.5. The topological polar surface area (TPSA) is 73.6 Å². The van der Waals surface area contributed by atoms with Gasteiger partial charge in [-0.15, -0.1) is 0 Å². The first-order valence-electron chi connectivity index (χ1n) is 9.75. The molecule has 1 aromatic carbocycles. The van der Waals surface area contributed by atoms with Crippen LogP contribution in [0.15, 0.2) is 23.8 Å². The van der Waals surface area contributed by atoms with Crippen LogP contribution in [0.4, 0.5) is 0 Å². The van der Waals surface area contributed by atoms with Crippen molar-refractivity contribution in [1.82, 2.24) is 4.90 Å². The maximum Gasteiger partial charge on any atom is 0.179 e. The Hall–Kier alpha value is -2.16. The number of nitriles is 1. The highest BCUT2D eigenvalue weighted by Crippen LogP contribution is 2.43. The smallest absolute Gasteiger partial charge is 0.179 e. The predicted molar refractivity (Wildman–Crippen MR) is 102 cm³/mol. The minimum Gasteiger partial charge on any atom is -0.388 e. The number of nitrogens with zero attached hydrogens (tertiary/aromatic N) is 2. The van der Waals surface area contributed by atoms with Gasteiger partial charge in [0.2, 0.25) is 0 Å². The maximum atomic E-state index is 12.6. The Morgan fingerprint density at radius 3 is 2.63 bits per heavy atom. The summed E-state index contributed by atoms with van der Waals surface area (Å²) in [5, 5.41) is 20.2. The van der Waals surface area contributed by atoms with Crippen molar-refractivity contribution in [2.75, 3.05) is 20.2 Å². The van der Waals surface area contributed by atoms with E-state index in [1.54, 1.807) is 7.11 Å². The maximum absolute atomic E-state index is 12.6. The van der Waals surface area contributed by atoms with E-state index >= 15 is 0 Å². The lowest BCUT2D eigenvalue weighted by Gasteiger charge is -2.41. The third kappa shape index (κ3) is 3.28. The first-order chi connectivity index (χ1) is 13.0. The van der Waals surface area contributed by atoms with Gasteiger partial charge in [-0.05, 0) is 55.7 Å². The predicted octanol–water partition coefficient (Wildman–Crippen LogP) is 2.99. The molecule has 1 N–H and O–H groups in total. The zero-order valence-electron chi connectivity index (χ0n) is 16.0. The number of Topliss-reactive ketones (excluding diaryl/α,β-unsaturated/α-hetero) is 1. The Bertz CT molecular complexity index is 840. The van der Waals surface area contributed by atoms with Crippen LogP contribution in [0.25, 0.3) is 5.70 Å². The molecule has 3 aliphatic rings. The largest absolute Gasteiger partial charge is 0.388 e. The molecule has 1 unspecified atom stereocenters. The molecule has 1 aliphatic heterocycles. The fraction of sp³-hybridized carbons (Fsp3) is 0.545. The zero-order valence-corrected chi connectivity index (χ0v) is 16.0. The molecule has 0 aromatic heterocycles. The van der Waals surface area contributed by atoms with Crippen molar-refractivity contribution < 1.29 is 14.6 Å². The van der Waals surface area contributed by atoms with Gasteiger partial charge in [-0.3, -0.25) is 4.79 Å². The Labute approximate surface area is 160 Å². The quantitative estimate of drug-likeness (QED) is 0.887. The molecule has 1 heterocycles. The summed E-state index contributed by atoms with van der Waals surface area (Å²) in [4.78, 5) is 14.7. The Morgan fingerprint density at radius 2 is 2.04 bits per heavy atom. The van der Waals surface area contributed by atoms with Gasteiger partial charge in [-0.1, -0.05) is 12.1 Å². The van der Waals surface area contributed by atoms with Crippen molar-refractivity contribution in [3.05, 3.63) is 40.5 Å². The molecule has 0 spiro atoms. The van der Waals surface area contributed by atoms with Gasteiger partial charge in [-0.25, -0.2) is 0 Å². The summed E-state index contributed by atoms with van der Waals surface area (Å²) >= 11 is 0. The van der Waals surface area contributed by atoms with E-state index in [-0.39, 0.29) is 23.4 Å². The number of rotatable bonds is 4. The number of hydrogen-bond acceptors (Lipinski definition) is 5. The van der Waals surface area contributed by atoms with Crippen LogP contribution in [-0.2, 0) is 16.0 Å². The third-order valence-electron chi connectivity index (χ3n) is 6.41. The van der Waals surface area contributed by atoms with E-state index in [0.29, 0.717) is 5.92 Å². The average molecular weight is 366 g/mol. The molecule has 0 amide bonds. The monoisotopic (exact) mass is 366 g/mol. The van der Waals surface area contributed by atoms with Gasteiger partial charge in [-0.2, -0.15) is 5.26 Å². The summed E-state index contributed by atoms with van der Waals surface area (Å²) in [5.41, 5.74) is 3.60. The fourth-order valence-electron chi connectivity index (χ4n) is 4.22. The minimum atomic E-state index is -0.460. The number of piperidine rings is 1. The van der Waals surface area contributed by atoms with Crippen LogP contribution in [0, 0.1) is 17.2 Å². The average Bonchev–Trinajstić information content (AvgIpc) is 3.52. The van der Waals surface area contributed by atoms with Gasteiger partial charge in [0, 0.05) is 32.2 Å². The molecule has 5 nitrogen and oxygen atoms in total. The Kier molecular flexibility index (Phi) is 4.57. The van der Waals surface area contributed by atoms with Gasteiger partial charge >= 0.3 is 0 Å². The van der Waals surface area contributed by atoms with Crippen molar-refractivity contribution in [1.29, 1.82) is 5.26 Å². The van der Waals surface area contributed by atoms with E-state index in [1.165, 1.54) is 0 Å². The number of allylic oxidation sites excluding steroid dienone is 1. The highest BCUT2D eigenvalue weighted by molar-refractivity contribution is 6.09. The lowest BCUT2D eigenvalue weighted by Crippen LogP contribution is -2.43. The zero-order chi connectivity index (χ0) is 19.2. The van der Waals surface area contributed by atoms with Crippen LogP contribution < -0.4 is 0 Å². The van der Waals surface area contributed by atoms with Crippen molar-refractivity contribution in [3.8, 4) is 6.07 Å². The molecule has 2 aliphatic carbocycles. The standard InChI is InChI=1S/C22H26N2O3/c1-22(27-2)7-9-24(10-8-22)20-17-11-16(21(26)14-3-4-14)6-5-15(17)12-19(25)18(20)13-23/h5-6,11,14,21,26H,3-4,7-10,12H2,1-2H3. The molecule has 0 radical (unpaired) electrons. The van der Waals surface area contributed by atoms with E-state index in [2.05, 4.69) is 17.9 Å². The Balaban J connectivity index is 1.73. The fourth-order valence-corrected chi connectivity index (χ4v) is 4.22. The highest BCUT2D eigenvalue weighted by Gasteiger charge is 2.36. The first kappa shape index (κ1) is 18.2. The number of fused-ring (bicyclic) bond motifs is 1. The second kappa shape index (κ2) is 6.78. The molecule has 27 heavy (non-hydrogen) atoms. The van der Waals surface area contributed by atoms with Crippen LogP contribution in [0.5, 0.6) is 0 Å². The van der Waals surface area contributed by atoms with Gasteiger partial charge < -0.3 is 14.7 Å². The number of aliphatic hydroxyl groups is 1. The van der Waals surface area contributed by atoms with Crippen LogP contribution in [0.2, 0.25) is 0 Å². The van der Waals surface area contributed by atoms with E-state index in [1.807, 2.05) is 18.2 Å². The number of ether oxygens (including phenoxy) is 1. The molecule has 1 aromatic rings. The molecular formula is C22H26N2O3. The number of carbonyl (C=O) groups excluding carboxylic acids is 1. The van der Waals surface area contributed by atoms with Gasteiger partial charge in [0.1, 0.15) is 11.6 Å².